The molecule has 0 saturated heterocycles. The Morgan fingerprint density at radius 1 is 0.383 bits per heavy atom. The van der Waals surface area contributed by atoms with Crippen molar-refractivity contribution >= 4 is 43.6 Å². The smallest absolute Gasteiger partial charge is 0.237 e. The van der Waals surface area contributed by atoms with E-state index in [0.717, 1.165) is 65.9 Å². The van der Waals surface area contributed by atoms with Gasteiger partial charge in [0.05, 0.1) is 22.1 Å². The Morgan fingerprint density at radius 2 is 0.766 bits per heavy atom. The molecule has 0 atom stereocenters. The van der Waals surface area contributed by atoms with Crippen molar-refractivity contribution in [1.29, 1.82) is 0 Å². The Hall–Kier alpha value is -5.70. The molecule has 9 aromatic rings. The van der Waals surface area contributed by atoms with Crippen LogP contribution in [0.15, 0.2) is 135 Å². The fourth-order valence-corrected chi connectivity index (χ4v) is 6.31. The van der Waals surface area contributed by atoms with Crippen molar-refractivity contribution in [3.63, 3.8) is 0 Å². The molecule has 8 nitrogen and oxygen atoms in total. The van der Waals surface area contributed by atoms with Gasteiger partial charge in [0.25, 0.3) is 0 Å². The average Bonchev–Trinajstić information content (AvgIpc) is 3.65. The maximum Gasteiger partial charge on any atom is 0.237 e. The van der Waals surface area contributed by atoms with E-state index in [1.54, 1.807) is 0 Å². The van der Waals surface area contributed by atoms with Crippen LogP contribution < -0.4 is 0 Å². The molecule has 4 aromatic heterocycles. The maximum atomic E-state index is 4.44. The van der Waals surface area contributed by atoms with Gasteiger partial charge in [-0.1, -0.05) is 80.6 Å². The second-order valence-electron chi connectivity index (χ2n) is 10.6. The van der Waals surface area contributed by atoms with Gasteiger partial charge in [-0.2, -0.15) is 0 Å². The Bertz CT molecular complexity index is 2330. The van der Waals surface area contributed by atoms with E-state index in [2.05, 4.69) is 136 Å². The molecule has 9 heteroatoms. The van der Waals surface area contributed by atoms with Crippen LogP contribution in [0.5, 0.6) is 0 Å². The molecule has 5 aromatic carbocycles. The first-order chi connectivity index (χ1) is 22.8. The van der Waals surface area contributed by atoms with E-state index < -0.39 is 0 Å². The summed E-state index contributed by atoms with van der Waals surface area (Å²) < 4.78 is 4.18. The zero-order valence-electron chi connectivity index (χ0n) is 25.7. The number of rotatable bonds is 4. The summed E-state index contributed by atoms with van der Waals surface area (Å²) in [7, 11) is 0. The number of benzene rings is 5. The largest absolute Gasteiger partial charge is 0.278 e. The van der Waals surface area contributed by atoms with E-state index in [1.165, 1.54) is 25.3 Å². The number of para-hydroxylation sites is 2. The zero-order chi connectivity index (χ0) is 31.0. The molecule has 0 fully saturated rings. The van der Waals surface area contributed by atoms with Crippen LogP contribution in [0.1, 0.15) is 13.8 Å². The summed E-state index contributed by atoms with van der Waals surface area (Å²) in [5.41, 5.74) is 8.81. The molecule has 0 spiro atoms. The van der Waals surface area contributed by atoms with Crippen molar-refractivity contribution in [2.45, 2.75) is 13.8 Å². The van der Waals surface area contributed by atoms with Crippen LogP contribution >= 0.6 is 0 Å². The first-order valence-electron chi connectivity index (χ1n) is 15.3. The van der Waals surface area contributed by atoms with Crippen molar-refractivity contribution in [3.05, 3.63) is 135 Å². The first-order valence-corrected chi connectivity index (χ1v) is 15.3. The van der Waals surface area contributed by atoms with Crippen molar-refractivity contribution in [2.24, 2.45) is 0 Å². The molecule has 0 bridgehead atoms. The minimum absolute atomic E-state index is 0. The van der Waals surface area contributed by atoms with Gasteiger partial charge in [-0.05, 0) is 64.7 Å². The van der Waals surface area contributed by atoms with Gasteiger partial charge in [0, 0.05) is 40.1 Å². The third kappa shape index (κ3) is 5.04. The minimum atomic E-state index is 0. The van der Waals surface area contributed by atoms with Crippen LogP contribution in [0, 0.1) is 0 Å². The zero-order valence-corrected chi connectivity index (χ0v) is 27.1. The summed E-state index contributed by atoms with van der Waals surface area (Å²) in [6.45, 7) is 4.00. The summed E-state index contributed by atoms with van der Waals surface area (Å²) in [6.07, 6.45) is 6.13. The fourth-order valence-electron chi connectivity index (χ4n) is 6.31. The summed E-state index contributed by atoms with van der Waals surface area (Å²) in [6, 6.07) is 38.6. The average molecular weight is 648 g/mol. The van der Waals surface area contributed by atoms with Gasteiger partial charge in [-0.25, -0.2) is 29.9 Å². The Kier molecular flexibility index (Phi) is 8.04. The Labute approximate surface area is 282 Å². The standard InChI is InChI=1S/C36H22N8.C2H6.V/c1-3-10-31-27(8-1)29-17-25(12-14-33(29)43(31)35-39-19-37-20-40-35)23-6-5-7-24(16-23)26-13-15-34-30(18-26)28-9-2-4-11-32(28)44(34)36-41-21-38-22-42-36;1-2;/h1-22H;1-2H3;. The third-order valence-corrected chi connectivity index (χ3v) is 8.23. The molecule has 47 heavy (non-hydrogen) atoms. The molecule has 4 heterocycles. The predicted octanol–water partition coefficient (Wildman–Crippen LogP) is 8.61. The summed E-state index contributed by atoms with van der Waals surface area (Å²) in [5.74, 6) is 1.21. The molecule has 0 aliphatic carbocycles. The molecule has 9 rings (SSSR count). The van der Waals surface area contributed by atoms with Crippen LogP contribution in [0.25, 0.3) is 77.8 Å². The molecular weight excluding hydrogens is 619 g/mol. The van der Waals surface area contributed by atoms with E-state index in [4.69, 9.17) is 0 Å². The molecule has 1 radical (unpaired) electrons. The predicted molar refractivity (Wildman–Crippen MR) is 184 cm³/mol. The van der Waals surface area contributed by atoms with Crippen LogP contribution in [-0.2, 0) is 18.6 Å². The monoisotopic (exact) mass is 647 g/mol. The summed E-state index contributed by atoms with van der Waals surface area (Å²) in [4.78, 5) is 25.8. The number of hydrogen-bond donors (Lipinski definition) is 0. The van der Waals surface area contributed by atoms with Gasteiger partial charge in [0.2, 0.25) is 11.9 Å². The quantitative estimate of drug-likeness (QED) is 0.190. The topological polar surface area (TPSA) is 87.2 Å². The van der Waals surface area contributed by atoms with E-state index in [9.17, 15) is 0 Å². The molecule has 0 unspecified atom stereocenters. The minimum Gasteiger partial charge on any atom is -0.278 e. The fraction of sp³-hybridized carbons (Fsp3) is 0.0526. The molecular formula is C38H28N8V. The van der Waals surface area contributed by atoms with Gasteiger partial charge < -0.3 is 0 Å². The third-order valence-electron chi connectivity index (χ3n) is 8.23. The Balaban J connectivity index is 0.00000115. The van der Waals surface area contributed by atoms with Gasteiger partial charge in [-0.15, -0.1) is 0 Å². The van der Waals surface area contributed by atoms with E-state index >= 15 is 0 Å². The number of hydrogen-bond acceptors (Lipinski definition) is 6. The van der Waals surface area contributed by atoms with Crippen molar-refractivity contribution in [2.75, 3.05) is 0 Å². The second-order valence-corrected chi connectivity index (χ2v) is 10.6. The van der Waals surface area contributed by atoms with E-state index in [-0.39, 0.29) is 18.6 Å². The SMILES string of the molecule is CC.[V].c1cc(-c2ccc3c(c2)c2ccccc2n3-c2ncncn2)cc(-c2ccc3c(c2)c2ccccc2n3-c2ncncn2)c1. The van der Waals surface area contributed by atoms with Crippen molar-refractivity contribution < 1.29 is 18.6 Å². The normalized spacial score (nSPS) is 11.0. The number of fused-ring (bicyclic) bond motifs is 6. The maximum absolute atomic E-state index is 4.44. The van der Waals surface area contributed by atoms with Gasteiger partial charge in [0.15, 0.2) is 0 Å². The summed E-state index contributed by atoms with van der Waals surface area (Å²) in [5, 5.41) is 4.61. The van der Waals surface area contributed by atoms with E-state index in [0.29, 0.717) is 11.9 Å². The van der Waals surface area contributed by atoms with Crippen LogP contribution in [0.3, 0.4) is 0 Å². The second kappa shape index (κ2) is 12.6. The van der Waals surface area contributed by atoms with Gasteiger partial charge in [-0.3, -0.25) is 9.13 Å². The van der Waals surface area contributed by atoms with Crippen LogP contribution in [0.2, 0.25) is 0 Å². The van der Waals surface area contributed by atoms with Crippen molar-refractivity contribution in [1.82, 2.24) is 39.0 Å². The molecule has 0 amide bonds. The molecule has 0 aliphatic heterocycles. The van der Waals surface area contributed by atoms with Crippen LogP contribution in [0.4, 0.5) is 0 Å². The molecule has 0 N–H and O–H groups in total. The van der Waals surface area contributed by atoms with Gasteiger partial charge in [0.1, 0.15) is 25.3 Å². The first kappa shape index (κ1) is 30.0. The number of aromatic nitrogens is 8. The molecule has 0 aliphatic rings. The van der Waals surface area contributed by atoms with Crippen LogP contribution in [-0.4, -0.2) is 39.0 Å². The van der Waals surface area contributed by atoms with Crippen molar-refractivity contribution in [3.8, 4) is 34.2 Å². The van der Waals surface area contributed by atoms with Gasteiger partial charge >= 0.3 is 0 Å². The molecule has 225 valence electrons. The number of nitrogens with zero attached hydrogens (tertiary/aromatic N) is 8. The Morgan fingerprint density at radius 3 is 1.21 bits per heavy atom. The molecule has 0 saturated carbocycles. The van der Waals surface area contributed by atoms with E-state index in [1.807, 2.05) is 26.0 Å². The summed E-state index contributed by atoms with van der Waals surface area (Å²) >= 11 is 0.